The molecule has 6 heteroatoms. The Morgan fingerprint density at radius 2 is 1.48 bits per heavy atom. The van der Waals surface area contributed by atoms with Crippen LogP contribution in [0.3, 0.4) is 0 Å². The number of hydrogen-bond donors (Lipinski definition) is 2. The van der Waals surface area contributed by atoms with Crippen molar-refractivity contribution < 1.29 is 17.8 Å². The van der Waals surface area contributed by atoms with Gasteiger partial charge in [0, 0.05) is 6.54 Å². The zero-order chi connectivity index (χ0) is 16.4. The lowest BCUT2D eigenvalue weighted by atomic mass is 9.96. The highest BCUT2D eigenvalue weighted by Gasteiger charge is 2.15. The monoisotopic (exact) mass is 329 g/mol. The van der Waals surface area contributed by atoms with Crippen molar-refractivity contribution in [1.29, 1.82) is 0 Å². The predicted molar refractivity (Wildman–Crippen MR) is 90.2 cm³/mol. The molecule has 0 atom stereocenters. The third-order valence-corrected chi connectivity index (χ3v) is 4.36. The van der Waals surface area contributed by atoms with Crippen molar-refractivity contribution in [2.24, 2.45) is 0 Å². The van der Waals surface area contributed by atoms with E-state index in [1.165, 1.54) is 0 Å². The van der Waals surface area contributed by atoms with E-state index in [0.29, 0.717) is 5.56 Å². The molecule has 23 heavy (non-hydrogen) atoms. The fourth-order valence-electron chi connectivity index (χ4n) is 2.64. The van der Waals surface area contributed by atoms with E-state index in [1.54, 1.807) is 0 Å². The van der Waals surface area contributed by atoms with Gasteiger partial charge in [-0.1, -0.05) is 48.5 Å². The molecule has 0 radical (unpaired) electrons. The molecule has 0 fully saturated rings. The standard InChI is InChI=1S/C17H15NO4S/c19-17(18-9-10-23(20,21)22)16-14-7-3-1-5-12(14)11-13-6-2-4-8-15(13)16/h1-8,11H,9-10H2,(H,18,19)(H,20,21,22). The number of carbonyl (C=O) groups is 1. The molecule has 3 rings (SSSR count). The van der Waals surface area contributed by atoms with Gasteiger partial charge in [-0.3, -0.25) is 9.35 Å². The van der Waals surface area contributed by atoms with Gasteiger partial charge in [0.2, 0.25) is 0 Å². The van der Waals surface area contributed by atoms with Gasteiger partial charge in [-0.2, -0.15) is 8.42 Å². The number of hydrogen-bond acceptors (Lipinski definition) is 3. The minimum atomic E-state index is -4.10. The van der Waals surface area contributed by atoms with Crippen LogP contribution in [0.5, 0.6) is 0 Å². The summed E-state index contributed by atoms with van der Waals surface area (Å²) in [6.07, 6.45) is 0. The molecule has 3 aromatic carbocycles. The number of carbonyl (C=O) groups excluding carboxylic acids is 1. The van der Waals surface area contributed by atoms with Gasteiger partial charge in [0.05, 0.1) is 11.3 Å². The van der Waals surface area contributed by atoms with E-state index in [2.05, 4.69) is 5.32 Å². The lowest BCUT2D eigenvalue weighted by Gasteiger charge is -2.11. The summed E-state index contributed by atoms with van der Waals surface area (Å²) in [6, 6.07) is 17.1. The lowest BCUT2D eigenvalue weighted by molar-refractivity contribution is 0.0959. The number of benzene rings is 3. The molecule has 118 valence electrons. The van der Waals surface area contributed by atoms with Crippen molar-refractivity contribution in [3.63, 3.8) is 0 Å². The van der Waals surface area contributed by atoms with E-state index in [1.807, 2.05) is 54.6 Å². The zero-order valence-electron chi connectivity index (χ0n) is 12.2. The number of amides is 1. The van der Waals surface area contributed by atoms with Crippen molar-refractivity contribution in [3.05, 3.63) is 60.2 Å². The summed E-state index contributed by atoms with van der Waals surface area (Å²) in [5.74, 6) is -0.872. The van der Waals surface area contributed by atoms with E-state index in [9.17, 15) is 13.2 Å². The predicted octanol–water partition coefficient (Wildman–Crippen LogP) is 2.61. The highest BCUT2D eigenvalue weighted by atomic mass is 32.2. The van der Waals surface area contributed by atoms with Gasteiger partial charge in [-0.05, 0) is 27.6 Å². The van der Waals surface area contributed by atoms with Gasteiger partial charge in [0.15, 0.2) is 0 Å². The topological polar surface area (TPSA) is 83.5 Å². The minimum absolute atomic E-state index is 0.144. The van der Waals surface area contributed by atoms with E-state index >= 15 is 0 Å². The highest BCUT2D eigenvalue weighted by molar-refractivity contribution is 7.85. The molecule has 1 amide bonds. The Balaban J connectivity index is 2.07. The van der Waals surface area contributed by atoms with Crippen LogP contribution in [-0.4, -0.2) is 31.2 Å². The molecule has 3 aromatic rings. The van der Waals surface area contributed by atoms with Gasteiger partial charge in [-0.15, -0.1) is 0 Å². The van der Waals surface area contributed by atoms with Crippen LogP contribution in [0.25, 0.3) is 21.5 Å². The largest absolute Gasteiger partial charge is 0.351 e. The van der Waals surface area contributed by atoms with Crippen molar-refractivity contribution >= 4 is 37.6 Å². The van der Waals surface area contributed by atoms with Crippen LogP contribution < -0.4 is 5.32 Å². The third kappa shape index (κ3) is 3.33. The Bertz CT molecular complexity index is 942. The van der Waals surface area contributed by atoms with Crippen LogP contribution in [-0.2, 0) is 10.1 Å². The van der Waals surface area contributed by atoms with Crippen LogP contribution in [0.2, 0.25) is 0 Å². The molecule has 0 aromatic heterocycles. The molecule has 0 aliphatic carbocycles. The molecule has 0 saturated heterocycles. The fourth-order valence-corrected chi connectivity index (χ4v) is 3.00. The number of fused-ring (bicyclic) bond motifs is 2. The average Bonchev–Trinajstić information content (AvgIpc) is 2.51. The summed E-state index contributed by atoms with van der Waals surface area (Å²) in [5.41, 5.74) is 0.508. The third-order valence-electron chi connectivity index (χ3n) is 3.64. The summed E-state index contributed by atoms with van der Waals surface area (Å²) in [6.45, 7) is -0.144. The number of rotatable bonds is 4. The van der Waals surface area contributed by atoms with Gasteiger partial charge in [-0.25, -0.2) is 0 Å². The second kappa shape index (κ2) is 5.98. The van der Waals surface area contributed by atoms with Crippen LogP contribution in [0.1, 0.15) is 10.4 Å². The van der Waals surface area contributed by atoms with Crippen LogP contribution in [0, 0.1) is 0 Å². The van der Waals surface area contributed by atoms with E-state index in [4.69, 9.17) is 4.55 Å². The SMILES string of the molecule is O=C(NCCS(=O)(=O)O)c1c2ccccc2cc2ccccc12. The zero-order valence-corrected chi connectivity index (χ0v) is 13.0. The summed E-state index contributed by atoms with van der Waals surface area (Å²) in [5, 5.41) is 6.04. The first-order valence-electron chi connectivity index (χ1n) is 7.09. The van der Waals surface area contributed by atoms with E-state index < -0.39 is 15.9 Å². The summed E-state index contributed by atoms with van der Waals surface area (Å²) in [4.78, 5) is 12.6. The maximum atomic E-state index is 12.6. The molecule has 2 N–H and O–H groups in total. The normalized spacial score (nSPS) is 11.7. The first-order chi connectivity index (χ1) is 11.0. The molecule has 0 bridgehead atoms. The second-order valence-corrected chi connectivity index (χ2v) is 6.81. The summed E-state index contributed by atoms with van der Waals surface area (Å²) < 4.78 is 30.3. The minimum Gasteiger partial charge on any atom is -0.351 e. The van der Waals surface area contributed by atoms with E-state index in [0.717, 1.165) is 21.5 Å². The summed E-state index contributed by atoms with van der Waals surface area (Å²) >= 11 is 0. The van der Waals surface area contributed by atoms with Crippen molar-refractivity contribution in [3.8, 4) is 0 Å². The molecule has 0 aliphatic rings. The molecule has 0 spiro atoms. The Morgan fingerprint density at radius 1 is 0.957 bits per heavy atom. The van der Waals surface area contributed by atoms with Gasteiger partial charge >= 0.3 is 0 Å². The van der Waals surface area contributed by atoms with Gasteiger partial charge < -0.3 is 5.32 Å². The van der Waals surface area contributed by atoms with Crippen LogP contribution in [0.4, 0.5) is 0 Å². The van der Waals surface area contributed by atoms with Crippen molar-refractivity contribution in [2.75, 3.05) is 12.3 Å². The Hall–Kier alpha value is -2.44. The molecular weight excluding hydrogens is 314 g/mol. The van der Waals surface area contributed by atoms with Crippen molar-refractivity contribution in [2.45, 2.75) is 0 Å². The maximum absolute atomic E-state index is 12.6. The second-order valence-electron chi connectivity index (χ2n) is 5.24. The van der Waals surface area contributed by atoms with E-state index in [-0.39, 0.29) is 12.5 Å². The Labute approximate surface area is 133 Å². The van der Waals surface area contributed by atoms with Crippen LogP contribution >= 0.6 is 0 Å². The molecule has 0 heterocycles. The highest BCUT2D eigenvalue weighted by Crippen LogP contribution is 2.28. The molecular formula is C17H15NO4S. The molecule has 0 unspecified atom stereocenters. The lowest BCUT2D eigenvalue weighted by Crippen LogP contribution is -2.29. The first-order valence-corrected chi connectivity index (χ1v) is 8.70. The van der Waals surface area contributed by atoms with Crippen molar-refractivity contribution in [1.82, 2.24) is 5.32 Å². The smallest absolute Gasteiger partial charge is 0.266 e. The van der Waals surface area contributed by atoms with Crippen LogP contribution in [0.15, 0.2) is 54.6 Å². The van der Waals surface area contributed by atoms with Gasteiger partial charge in [0.1, 0.15) is 0 Å². The molecule has 5 nitrogen and oxygen atoms in total. The fraction of sp³-hybridized carbons (Fsp3) is 0.118. The quantitative estimate of drug-likeness (QED) is 0.569. The molecule has 0 aliphatic heterocycles. The van der Waals surface area contributed by atoms with Gasteiger partial charge in [0.25, 0.3) is 16.0 Å². The molecule has 0 saturated carbocycles. The maximum Gasteiger partial charge on any atom is 0.266 e. The Kier molecular flexibility index (Phi) is 4.02. The summed E-state index contributed by atoms with van der Waals surface area (Å²) in [7, 11) is -4.10. The Morgan fingerprint density at radius 3 is 2.00 bits per heavy atom. The first kappa shape index (κ1) is 15.5. The number of nitrogens with one attached hydrogen (secondary N) is 1. The average molecular weight is 329 g/mol.